The Balaban J connectivity index is 1.65. The SMILES string of the molecule is CCCCCCCCCCCCCCCn1cc[n+](CCCc2ccccc2)c1CCCCCCC. The molecule has 0 fully saturated rings. The van der Waals surface area contributed by atoms with Gasteiger partial charge in [0.2, 0.25) is 0 Å². The minimum atomic E-state index is 1.14. The third kappa shape index (κ3) is 14.2. The highest BCUT2D eigenvalue weighted by Crippen LogP contribution is 2.14. The molecule has 0 N–H and O–H groups in total. The van der Waals surface area contributed by atoms with E-state index in [2.05, 4.69) is 65.7 Å². The topological polar surface area (TPSA) is 8.81 Å². The van der Waals surface area contributed by atoms with E-state index in [9.17, 15) is 0 Å². The van der Waals surface area contributed by atoms with Crippen LogP contribution in [0.3, 0.4) is 0 Å². The molecule has 0 saturated heterocycles. The van der Waals surface area contributed by atoms with Crippen LogP contribution in [0.15, 0.2) is 42.7 Å². The molecule has 0 radical (unpaired) electrons. The molecule has 2 aromatic rings. The van der Waals surface area contributed by atoms with Gasteiger partial charge < -0.3 is 0 Å². The monoisotopic (exact) mass is 495 g/mol. The molecule has 2 rings (SSSR count). The minimum Gasteiger partial charge on any atom is -0.234 e. The van der Waals surface area contributed by atoms with Gasteiger partial charge in [-0.15, -0.1) is 0 Å². The number of aromatic nitrogens is 2. The largest absolute Gasteiger partial charge is 0.256 e. The molecule has 0 amide bonds. The maximum atomic E-state index is 2.58. The summed E-state index contributed by atoms with van der Waals surface area (Å²) in [6, 6.07) is 11.0. The number of benzene rings is 1. The summed E-state index contributed by atoms with van der Waals surface area (Å²) in [6.45, 7) is 6.96. The molecule has 36 heavy (non-hydrogen) atoms. The lowest BCUT2D eigenvalue weighted by Gasteiger charge is -2.07. The number of rotatable bonds is 24. The van der Waals surface area contributed by atoms with E-state index in [-0.39, 0.29) is 0 Å². The lowest BCUT2D eigenvalue weighted by molar-refractivity contribution is -0.704. The third-order valence-corrected chi connectivity index (χ3v) is 7.80. The van der Waals surface area contributed by atoms with Crippen molar-refractivity contribution in [2.24, 2.45) is 0 Å². The Morgan fingerprint density at radius 3 is 1.67 bits per heavy atom. The Kier molecular flexibility index (Phi) is 18.3. The van der Waals surface area contributed by atoms with Gasteiger partial charge in [-0.25, -0.2) is 9.13 Å². The minimum absolute atomic E-state index is 1.14. The van der Waals surface area contributed by atoms with Gasteiger partial charge in [0.1, 0.15) is 12.4 Å². The van der Waals surface area contributed by atoms with Crippen molar-refractivity contribution in [2.75, 3.05) is 0 Å². The molecule has 0 spiro atoms. The van der Waals surface area contributed by atoms with Crippen LogP contribution in [0, 0.1) is 0 Å². The second-order valence-corrected chi connectivity index (χ2v) is 11.1. The molecular weight excluding hydrogens is 436 g/mol. The second kappa shape index (κ2) is 21.5. The van der Waals surface area contributed by atoms with Gasteiger partial charge >= 0.3 is 0 Å². The van der Waals surface area contributed by atoms with E-state index in [0.29, 0.717) is 0 Å². The van der Waals surface area contributed by atoms with E-state index < -0.39 is 0 Å². The van der Waals surface area contributed by atoms with Crippen molar-refractivity contribution >= 4 is 0 Å². The van der Waals surface area contributed by atoms with Crippen molar-refractivity contribution < 1.29 is 4.57 Å². The van der Waals surface area contributed by atoms with Gasteiger partial charge in [0.25, 0.3) is 5.82 Å². The van der Waals surface area contributed by atoms with Crippen LogP contribution in [-0.4, -0.2) is 4.57 Å². The van der Waals surface area contributed by atoms with Crippen molar-refractivity contribution in [1.82, 2.24) is 4.57 Å². The van der Waals surface area contributed by atoms with Gasteiger partial charge in [0, 0.05) is 6.42 Å². The lowest BCUT2D eigenvalue weighted by atomic mass is 10.0. The zero-order chi connectivity index (χ0) is 25.5. The van der Waals surface area contributed by atoms with Crippen LogP contribution in [0.4, 0.5) is 0 Å². The summed E-state index contributed by atoms with van der Waals surface area (Å²) < 4.78 is 5.14. The standard InChI is InChI=1S/C34H59N2/c1-3-5-7-9-10-11-12-13-14-15-16-18-23-29-35-31-32-36(34(35)28-22-17-8-6-4-2)30-24-27-33-25-20-19-21-26-33/h19-21,25-26,31-32H,3-18,22-24,27-30H2,1-2H3/q+1. The summed E-state index contributed by atoms with van der Waals surface area (Å²) in [5.41, 5.74) is 1.46. The predicted molar refractivity (Wildman–Crippen MR) is 158 cm³/mol. The van der Waals surface area contributed by atoms with Gasteiger partial charge in [-0.2, -0.15) is 0 Å². The van der Waals surface area contributed by atoms with Crippen LogP contribution >= 0.6 is 0 Å². The maximum Gasteiger partial charge on any atom is 0.256 e. The molecule has 0 aliphatic carbocycles. The number of unbranched alkanes of at least 4 members (excludes halogenated alkanes) is 16. The summed E-state index contributed by atoms with van der Waals surface area (Å²) >= 11 is 0. The zero-order valence-electron chi connectivity index (χ0n) is 24.2. The number of hydrogen-bond donors (Lipinski definition) is 0. The molecule has 0 saturated carbocycles. The highest BCUT2D eigenvalue weighted by atomic mass is 15.1. The number of nitrogens with zero attached hydrogens (tertiary/aromatic N) is 2. The molecule has 0 atom stereocenters. The van der Waals surface area contributed by atoms with Crippen molar-refractivity contribution in [3.8, 4) is 0 Å². The van der Waals surface area contributed by atoms with Gasteiger partial charge in [-0.3, -0.25) is 0 Å². The van der Waals surface area contributed by atoms with Crippen molar-refractivity contribution in [3.05, 3.63) is 54.1 Å². The first kappa shape index (κ1) is 30.7. The fourth-order valence-corrected chi connectivity index (χ4v) is 5.48. The van der Waals surface area contributed by atoms with Gasteiger partial charge in [-0.1, -0.05) is 140 Å². The van der Waals surface area contributed by atoms with Crippen LogP contribution in [0.1, 0.15) is 147 Å². The molecule has 0 aliphatic heterocycles. The Morgan fingerprint density at radius 2 is 1.08 bits per heavy atom. The predicted octanol–water partition coefficient (Wildman–Crippen LogP) is 10.0. The van der Waals surface area contributed by atoms with Crippen LogP contribution in [0.5, 0.6) is 0 Å². The van der Waals surface area contributed by atoms with Crippen LogP contribution in [0.25, 0.3) is 0 Å². The van der Waals surface area contributed by atoms with Crippen LogP contribution < -0.4 is 4.57 Å². The van der Waals surface area contributed by atoms with Crippen molar-refractivity contribution in [2.45, 2.75) is 162 Å². The van der Waals surface area contributed by atoms with Gasteiger partial charge in [0.15, 0.2) is 0 Å². The number of imidazole rings is 1. The molecule has 0 aliphatic rings. The maximum absolute atomic E-state index is 2.58. The Morgan fingerprint density at radius 1 is 0.556 bits per heavy atom. The van der Waals surface area contributed by atoms with E-state index in [1.54, 1.807) is 5.82 Å². The van der Waals surface area contributed by atoms with Crippen molar-refractivity contribution in [1.29, 1.82) is 0 Å². The van der Waals surface area contributed by atoms with E-state index >= 15 is 0 Å². The fraction of sp³-hybridized carbons (Fsp3) is 0.735. The van der Waals surface area contributed by atoms with E-state index in [1.165, 1.54) is 147 Å². The molecule has 0 unspecified atom stereocenters. The van der Waals surface area contributed by atoms with E-state index in [4.69, 9.17) is 0 Å². The van der Waals surface area contributed by atoms with Gasteiger partial charge in [-0.05, 0) is 37.7 Å². The molecule has 1 aromatic carbocycles. The van der Waals surface area contributed by atoms with Crippen LogP contribution in [-0.2, 0) is 25.9 Å². The zero-order valence-corrected chi connectivity index (χ0v) is 24.2. The first-order valence-corrected chi connectivity index (χ1v) is 16.0. The molecule has 1 heterocycles. The van der Waals surface area contributed by atoms with E-state index in [0.717, 1.165) is 6.54 Å². The molecule has 1 aromatic heterocycles. The Bertz CT molecular complexity index is 733. The lowest BCUT2D eigenvalue weighted by Crippen LogP contribution is -2.37. The molecule has 2 heteroatoms. The molecular formula is C34H59N2+. The Hall–Kier alpha value is -1.57. The molecule has 204 valence electrons. The second-order valence-electron chi connectivity index (χ2n) is 11.1. The normalized spacial score (nSPS) is 11.4. The first-order chi connectivity index (χ1) is 17.8. The molecule has 0 bridgehead atoms. The summed E-state index contributed by atoms with van der Waals surface area (Å²) in [4.78, 5) is 0. The molecule has 2 nitrogen and oxygen atoms in total. The van der Waals surface area contributed by atoms with E-state index in [1.807, 2.05) is 0 Å². The van der Waals surface area contributed by atoms with Crippen LogP contribution in [0.2, 0.25) is 0 Å². The quantitative estimate of drug-likeness (QED) is 0.101. The van der Waals surface area contributed by atoms with Gasteiger partial charge in [0.05, 0.1) is 13.1 Å². The average molecular weight is 496 g/mol. The fourth-order valence-electron chi connectivity index (χ4n) is 5.48. The summed E-state index contributed by atoms with van der Waals surface area (Å²) in [6.07, 6.45) is 33.7. The highest BCUT2D eigenvalue weighted by Gasteiger charge is 2.16. The van der Waals surface area contributed by atoms with Crippen molar-refractivity contribution in [3.63, 3.8) is 0 Å². The summed E-state index contributed by atoms with van der Waals surface area (Å²) in [7, 11) is 0. The number of aryl methyl sites for hydroxylation is 3. The third-order valence-electron chi connectivity index (χ3n) is 7.80. The summed E-state index contributed by atoms with van der Waals surface area (Å²) in [5.74, 6) is 1.57. The highest BCUT2D eigenvalue weighted by molar-refractivity contribution is 5.14. The summed E-state index contributed by atoms with van der Waals surface area (Å²) in [5, 5.41) is 0. The smallest absolute Gasteiger partial charge is 0.234 e. The average Bonchev–Trinajstić information content (AvgIpc) is 3.28. The number of hydrogen-bond acceptors (Lipinski definition) is 0. The first-order valence-electron chi connectivity index (χ1n) is 16.0. The Labute approximate surface area is 224 Å².